The summed E-state index contributed by atoms with van der Waals surface area (Å²) in [5.41, 5.74) is 0. The quantitative estimate of drug-likeness (QED) is 0.294. The highest BCUT2D eigenvalue weighted by Crippen LogP contribution is 2.14. The van der Waals surface area contributed by atoms with Crippen LogP contribution in [0.4, 0.5) is 0 Å². The maximum atomic E-state index is 12.3. The van der Waals surface area contributed by atoms with Gasteiger partial charge in [0.05, 0.1) is 4.90 Å². The monoisotopic (exact) mass is 454 g/mol. The highest BCUT2D eigenvalue weighted by Gasteiger charge is 2.25. The van der Waals surface area contributed by atoms with Crippen molar-refractivity contribution in [2.45, 2.75) is 43.0 Å². The van der Waals surface area contributed by atoms with Gasteiger partial charge in [-0.2, -0.15) is 4.72 Å². The zero-order valence-corrected chi connectivity index (χ0v) is 18.1. The van der Waals surface area contributed by atoms with Crippen molar-refractivity contribution in [3.63, 3.8) is 0 Å². The smallest absolute Gasteiger partial charge is 0.323 e. The molecular formula is C20H30N4O6S. The second-order valence-electron chi connectivity index (χ2n) is 7.46. The average Bonchev–Trinajstić information content (AvgIpc) is 2.76. The molecular weight excluding hydrogens is 424 g/mol. The Balaban J connectivity index is 1.70. The fourth-order valence-corrected chi connectivity index (χ4v) is 4.45. The molecule has 1 fully saturated rings. The molecule has 0 aliphatic carbocycles. The van der Waals surface area contributed by atoms with Gasteiger partial charge in [0.25, 0.3) is 0 Å². The van der Waals surface area contributed by atoms with Gasteiger partial charge in [-0.25, -0.2) is 8.42 Å². The van der Waals surface area contributed by atoms with E-state index in [1.165, 1.54) is 24.3 Å². The lowest BCUT2D eigenvalue weighted by Crippen LogP contribution is -2.48. The minimum Gasteiger partial charge on any atom is -0.480 e. The Labute approximate surface area is 182 Å². The first-order valence-corrected chi connectivity index (χ1v) is 11.8. The molecule has 0 radical (unpaired) electrons. The topological polar surface area (TPSA) is 154 Å². The Bertz CT molecular complexity index is 840. The molecule has 0 saturated carbocycles. The van der Waals surface area contributed by atoms with Crippen LogP contribution < -0.4 is 20.7 Å². The first kappa shape index (κ1) is 24.8. The summed E-state index contributed by atoms with van der Waals surface area (Å²) in [7, 11) is -4.05. The number of carbonyl (C=O) groups is 3. The fourth-order valence-electron chi connectivity index (χ4n) is 3.24. The van der Waals surface area contributed by atoms with Crippen LogP contribution in [0.5, 0.6) is 0 Å². The molecule has 1 aliphatic rings. The SMILES string of the molecule is O=C(CCC(=O)NCC(NS(=O)(=O)c1ccccc1)C(=O)O)NCCC1CCNCC1. The molecule has 2 amide bonds. The maximum absolute atomic E-state index is 12.3. The van der Waals surface area contributed by atoms with Gasteiger partial charge in [-0.05, 0) is 50.4 Å². The Morgan fingerprint density at radius 3 is 2.26 bits per heavy atom. The van der Waals surface area contributed by atoms with Gasteiger partial charge in [0.15, 0.2) is 0 Å². The second-order valence-corrected chi connectivity index (χ2v) is 9.18. The summed E-state index contributed by atoms with van der Waals surface area (Å²) in [6.07, 6.45) is 2.96. The summed E-state index contributed by atoms with van der Waals surface area (Å²) in [5, 5.41) is 17.7. The van der Waals surface area contributed by atoms with Gasteiger partial charge in [0, 0.05) is 25.9 Å². The molecule has 1 heterocycles. The Hall–Kier alpha value is -2.50. The molecule has 2 rings (SSSR count). The van der Waals surface area contributed by atoms with Crippen molar-refractivity contribution in [1.29, 1.82) is 0 Å². The Morgan fingerprint density at radius 1 is 1.03 bits per heavy atom. The lowest BCUT2D eigenvalue weighted by atomic mass is 9.95. The average molecular weight is 455 g/mol. The van der Waals surface area contributed by atoms with Gasteiger partial charge in [0.2, 0.25) is 21.8 Å². The number of aliphatic carboxylic acids is 1. The molecule has 172 valence electrons. The van der Waals surface area contributed by atoms with E-state index in [1.54, 1.807) is 6.07 Å². The lowest BCUT2D eigenvalue weighted by molar-refractivity contribution is -0.139. The van der Waals surface area contributed by atoms with E-state index in [1.807, 2.05) is 0 Å². The van der Waals surface area contributed by atoms with Gasteiger partial charge < -0.3 is 21.1 Å². The lowest BCUT2D eigenvalue weighted by Gasteiger charge is -2.22. The third-order valence-electron chi connectivity index (χ3n) is 5.06. The van der Waals surface area contributed by atoms with Crippen LogP contribution in [0.15, 0.2) is 35.2 Å². The predicted octanol–water partition coefficient (Wildman–Crippen LogP) is -0.180. The van der Waals surface area contributed by atoms with Crippen molar-refractivity contribution < 1.29 is 27.9 Å². The molecule has 0 spiro atoms. The third-order valence-corrected chi connectivity index (χ3v) is 6.55. The van der Waals surface area contributed by atoms with Gasteiger partial charge >= 0.3 is 5.97 Å². The van der Waals surface area contributed by atoms with Gasteiger partial charge in [-0.15, -0.1) is 0 Å². The first-order chi connectivity index (χ1) is 14.8. The predicted molar refractivity (Wildman–Crippen MR) is 114 cm³/mol. The largest absolute Gasteiger partial charge is 0.480 e. The summed E-state index contributed by atoms with van der Waals surface area (Å²) in [5.74, 6) is -1.60. The minimum absolute atomic E-state index is 0.0223. The van der Waals surface area contributed by atoms with E-state index in [2.05, 4.69) is 20.7 Å². The van der Waals surface area contributed by atoms with Crippen LogP contribution in [-0.2, 0) is 24.4 Å². The number of hydrogen-bond donors (Lipinski definition) is 5. The summed E-state index contributed by atoms with van der Waals surface area (Å²) >= 11 is 0. The number of carbonyl (C=O) groups excluding carboxylic acids is 2. The molecule has 1 aliphatic heterocycles. The number of amides is 2. The molecule has 11 heteroatoms. The fraction of sp³-hybridized carbons (Fsp3) is 0.550. The number of piperidine rings is 1. The second kappa shape index (κ2) is 12.4. The van der Waals surface area contributed by atoms with E-state index in [9.17, 15) is 27.9 Å². The molecule has 1 atom stereocenters. The van der Waals surface area contributed by atoms with Crippen molar-refractivity contribution in [3.05, 3.63) is 30.3 Å². The molecule has 10 nitrogen and oxygen atoms in total. The number of nitrogens with one attached hydrogen (secondary N) is 4. The summed E-state index contributed by atoms with van der Waals surface area (Å²) in [4.78, 5) is 35.2. The van der Waals surface area contributed by atoms with E-state index in [4.69, 9.17) is 0 Å². The number of rotatable bonds is 12. The highest BCUT2D eigenvalue weighted by molar-refractivity contribution is 7.89. The maximum Gasteiger partial charge on any atom is 0.323 e. The minimum atomic E-state index is -4.05. The summed E-state index contributed by atoms with van der Waals surface area (Å²) in [6.45, 7) is 2.13. The molecule has 0 bridgehead atoms. The van der Waals surface area contributed by atoms with Gasteiger partial charge in [-0.1, -0.05) is 18.2 Å². The van der Waals surface area contributed by atoms with Crippen LogP contribution in [0.2, 0.25) is 0 Å². The first-order valence-electron chi connectivity index (χ1n) is 10.3. The molecule has 1 aromatic carbocycles. The molecule has 5 N–H and O–H groups in total. The molecule has 1 saturated heterocycles. The summed E-state index contributed by atoms with van der Waals surface area (Å²) < 4.78 is 26.6. The number of carboxylic acid groups (broad SMARTS) is 1. The highest BCUT2D eigenvalue weighted by atomic mass is 32.2. The van der Waals surface area contributed by atoms with Crippen LogP contribution in [0.3, 0.4) is 0 Å². The summed E-state index contributed by atoms with van der Waals surface area (Å²) in [6, 6.07) is 5.81. The Kier molecular flexibility index (Phi) is 9.89. The van der Waals surface area contributed by atoms with Crippen molar-refractivity contribution in [2.24, 2.45) is 5.92 Å². The van der Waals surface area contributed by atoms with Crippen LogP contribution in [0.25, 0.3) is 0 Å². The number of hydrogen-bond acceptors (Lipinski definition) is 6. The van der Waals surface area contributed by atoms with E-state index >= 15 is 0 Å². The van der Waals surface area contributed by atoms with E-state index < -0.39 is 34.5 Å². The third kappa shape index (κ3) is 9.03. The van der Waals surface area contributed by atoms with E-state index in [-0.39, 0.29) is 23.6 Å². The molecule has 1 unspecified atom stereocenters. The zero-order valence-electron chi connectivity index (χ0n) is 17.3. The molecule has 31 heavy (non-hydrogen) atoms. The van der Waals surface area contributed by atoms with Crippen molar-refractivity contribution >= 4 is 27.8 Å². The van der Waals surface area contributed by atoms with Crippen molar-refractivity contribution in [3.8, 4) is 0 Å². The zero-order chi connectivity index (χ0) is 22.7. The van der Waals surface area contributed by atoms with E-state index in [0.717, 1.165) is 32.4 Å². The van der Waals surface area contributed by atoms with Crippen LogP contribution in [0.1, 0.15) is 32.1 Å². The Morgan fingerprint density at radius 2 is 1.65 bits per heavy atom. The number of carboxylic acids is 1. The number of benzene rings is 1. The van der Waals surface area contributed by atoms with Crippen LogP contribution >= 0.6 is 0 Å². The normalized spacial score (nSPS) is 15.7. The van der Waals surface area contributed by atoms with Gasteiger partial charge in [-0.3, -0.25) is 14.4 Å². The van der Waals surface area contributed by atoms with Gasteiger partial charge in [0.1, 0.15) is 6.04 Å². The standard InChI is InChI=1S/C20H30N4O6S/c25-18(22-13-10-15-8-11-21-12-9-15)6-7-19(26)23-14-17(20(27)28)24-31(29,30)16-4-2-1-3-5-16/h1-5,15,17,21,24H,6-14H2,(H,22,25)(H,23,26)(H,27,28). The van der Waals surface area contributed by atoms with Crippen molar-refractivity contribution in [1.82, 2.24) is 20.7 Å². The van der Waals surface area contributed by atoms with Crippen molar-refractivity contribution in [2.75, 3.05) is 26.2 Å². The van der Waals surface area contributed by atoms with Crippen LogP contribution in [0, 0.1) is 5.92 Å². The molecule has 1 aromatic rings. The molecule has 0 aromatic heterocycles. The van der Waals surface area contributed by atoms with E-state index in [0.29, 0.717) is 12.5 Å². The van der Waals surface area contributed by atoms with Crippen LogP contribution in [-0.4, -0.2) is 63.5 Å². The number of sulfonamides is 1.